The lowest BCUT2D eigenvalue weighted by Gasteiger charge is -2.42. The molecule has 1 saturated carbocycles. The predicted octanol–water partition coefficient (Wildman–Crippen LogP) is 3.78. The second-order valence-electron chi connectivity index (χ2n) is 5.55. The maximum Gasteiger partial charge on any atom is 0.126 e. The zero-order valence-electron chi connectivity index (χ0n) is 10.8. The number of hydrogen-bond donors (Lipinski definition) is 1. The molecular weight excluding hydrogens is 215 g/mol. The highest BCUT2D eigenvalue weighted by Gasteiger charge is 2.41. The average molecular weight is 236 g/mol. The largest absolute Gasteiger partial charge is 0.385 e. The van der Waals surface area contributed by atoms with Crippen molar-refractivity contribution in [2.24, 2.45) is 11.8 Å². The Kier molecular flexibility index (Phi) is 3.26. The molecule has 1 aromatic carbocycles. The molecule has 1 aliphatic carbocycles. The van der Waals surface area contributed by atoms with Crippen molar-refractivity contribution in [3.63, 3.8) is 0 Å². The molecule has 0 radical (unpaired) electrons. The number of hydrogen-bond acceptors (Lipinski definition) is 1. The second kappa shape index (κ2) is 4.41. The van der Waals surface area contributed by atoms with E-state index in [-0.39, 0.29) is 11.7 Å². The summed E-state index contributed by atoms with van der Waals surface area (Å²) in [6, 6.07) is 5.13. The Morgan fingerprint density at radius 3 is 2.71 bits per heavy atom. The monoisotopic (exact) mass is 236 g/mol. The Morgan fingerprint density at radius 2 is 2.06 bits per heavy atom. The topological polar surface area (TPSA) is 20.2 Å². The summed E-state index contributed by atoms with van der Waals surface area (Å²) in [6.07, 6.45) is 2.90. The van der Waals surface area contributed by atoms with Crippen LogP contribution in [0.1, 0.15) is 44.2 Å². The Balaban J connectivity index is 2.39. The Hall–Kier alpha value is -0.890. The first-order chi connectivity index (χ1) is 7.95. The van der Waals surface area contributed by atoms with E-state index < -0.39 is 5.60 Å². The smallest absolute Gasteiger partial charge is 0.126 e. The maximum absolute atomic E-state index is 13.6. The van der Waals surface area contributed by atoms with Crippen LogP contribution in [0, 0.1) is 24.6 Å². The van der Waals surface area contributed by atoms with Gasteiger partial charge in [-0.05, 0) is 48.8 Å². The van der Waals surface area contributed by atoms with Gasteiger partial charge in [-0.25, -0.2) is 4.39 Å². The van der Waals surface area contributed by atoms with Gasteiger partial charge in [0.05, 0.1) is 5.60 Å². The van der Waals surface area contributed by atoms with E-state index in [4.69, 9.17) is 0 Å². The summed E-state index contributed by atoms with van der Waals surface area (Å²) in [7, 11) is 0. The summed E-state index contributed by atoms with van der Waals surface area (Å²) >= 11 is 0. The normalized spacial score (nSPS) is 33.7. The van der Waals surface area contributed by atoms with Gasteiger partial charge >= 0.3 is 0 Å². The Labute approximate surface area is 103 Å². The summed E-state index contributed by atoms with van der Waals surface area (Å²) in [5.41, 5.74) is 0.514. The van der Waals surface area contributed by atoms with Crippen LogP contribution in [0.4, 0.5) is 4.39 Å². The van der Waals surface area contributed by atoms with Crippen LogP contribution in [-0.4, -0.2) is 5.11 Å². The van der Waals surface area contributed by atoms with Crippen molar-refractivity contribution < 1.29 is 9.50 Å². The first kappa shape index (κ1) is 12.6. The van der Waals surface area contributed by atoms with Gasteiger partial charge < -0.3 is 5.11 Å². The van der Waals surface area contributed by atoms with Crippen molar-refractivity contribution in [2.45, 2.75) is 45.6 Å². The second-order valence-corrected chi connectivity index (χ2v) is 5.55. The minimum absolute atomic E-state index is 0.179. The molecule has 17 heavy (non-hydrogen) atoms. The standard InChI is InChI=1S/C15H21FO/c1-10-5-4-8-15(17,12(10)3)13-7-6-11(2)14(16)9-13/h6-7,9-10,12,17H,4-5,8H2,1-3H3. The summed E-state index contributed by atoms with van der Waals surface area (Å²) in [4.78, 5) is 0. The van der Waals surface area contributed by atoms with Crippen LogP contribution in [0.3, 0.4) is 0 Å². The fourth-order valence-electron chi connectivity index (χ4n) is 2.91. The quantitative estimate of drug-likeness (QED) is 0.786. The van der Waals surface area contributed by atoms with Gasteiger partial charge in [0.1, 0.15) is 5.82 Å². The van der Waals surface area contributed by atoms with E-state index >= 15 is 0 Å². The zero-order valence-corrected chi connectivity index (χ0v) is 10.8. The maximum atomic E-state index is 13.6. The number of aryl methyl sites for hydroxylation is 1. The van der Waals surface area contributed by atoms with Gasteiger partial charge in [-0.2, -0.15) is 0 Å². The lowest BCUT2D eigenvalue weighted by molar-refractivity contribution is -0.0690. The molecule has 0 amide bonds. The van der Waals surface area contributed by atoms with Gasteiger partial charge in [0.15, 0.2) is 0 Å². The first-order valence-corrected chi connectivity index (χ1v) is 6.44. The number of halogens is 1. The summed E-state index contributed by atoms with van der Waals surface area (Å²) in [6.45, 7) is 5.98. The molecule has 2 heteroatoms. The van der Waals surface area contributed by atoms with E-state index in [1.807, 2.05) is 6.07 Å². The number of benzene rings is 1. The molecule has 2 rings (SSSR count). The molecule has 0 aliphatic heterocycles. The molecule has 1 aromatic rings. The molecule has 0 heterocycles. The molecular formula is C15H21FO. The fraction of sp³-hybridized carbons (Fsp3) is 0.600. The molecule has 0 saturated heterocycles. The third kappa shape index (κ3) is 2.11. The highest BCUT2D eigenvalue weighted by atomic mass is 19.1. The lowest BCUT2D eigenvalue weighted by atomic mass is 9.67. The third-order valence-electron chi connectivity index (χ3n) is 4.50. The van der Waals surface area contributed by atoms with Gasteiger partial charge in [-0.3, -0.25) is 0 Å². The fourth-order valence-corrected chi connectivity index (χ4v) is 2.91. The van der Waals surface area contributed by atoms with E-state index in [0.717, 1.165) is 24.8 Å². The van der Waals surface area contributed by atoms with E-state index in [1.54, 1.807) is 13.0 Å². The van der Waals surface area contributed by atoms with E-state index in [1.165, 1.54) is 6.07 Å². The molecule has 0 aromatic heterocycles. The average Bonchev–Trinajstić information content (AvgIpc) is 2.29. The van der Waals surface area contributed by atoms with Gasteiger partial charge in [0, 0.05) is 0 Å². The molecule has 1 N–H and O–H groups in total. The van der Waals surface area contributed by atoms with Crippen LogP contribution in [0.15, 0.2) is 18.2 Å². The Morgan fingerprint density at radius 1 is 1.35 bits per heavy atom. The molecule has 1 nitrogen and oxygen atoms in total. The number of aliphatic hydroxyl groups is 1. The van der Waals surface area contributed by atoms with Crippen molar-refractivity contribution in [3.05, 3.63) is 35.1 Å². The summed E-state index contributed by atoms with van der Waals surface area (Å²) < 4.78 is 13.6. The molecule has 3 unspecified atom stereocenters. The summed E-state index contributed by atoms with van der Waals surface area (Å²) in [5, 5.41) is 10.8. The molecule has 94 valence electrons. The molecule has 0 bridgehead atoms. The highest BCUT2D eigenvalue weighted by Crippen LogP contribution is 2.44. The van der Waals surface area contributed by atoms with Gasteiger partial charge in [0.25, 0.3) is 0 Å². The van der Waals surface area contributed by atoms with Crippen LogP contribution in [0.25, 0.3) is 0 Å². The van der Waals surface area contributed by atoms with Crippen molar-refractivity contribution in [1.82, 2.24) is 0 Å². The summed E-state index contributed by atoms with van der Waals surface area (Å²) in [5.74, 6) is 0.442. The third-order valence-corrected chi connectivity index (χ3v) is 4.50. The van der Waals surface area contributed by atoms with Crippen LogP contribution >= 0.6 is 0 Å². The van der Waals surface area contributed by atoms with E-state index in [0.29, 0.717) is 11.5 Å². The minimum atomic E-state index is -0.855. The van der Waals surface area contributed by atoms with Crippen molar-refractivity contribution >= 4 is 0 Å². The van der Waals surface area contributed by atoms with Crippen LogP contribution in [0.2, 0.25) is 0 Å². The number of rotatable bonds is 1. The van der Waals surface area contributed by atoms with Crippen molar-refractivity contribution in [1.29, 1.82) is 0 Å². The first-order valence-electron chi connectivity index (χ1n) is 6.44. The van der Waals surface area contributed by atoms with Gasteiger partial charge in [0.2, 0.25) is 0 Å². The highest BCUT2D eigenvalue weighted by molar-refractivity contribution is 5.29. The van der Waals surface area contributed by atoms with Crippen molar-refractivity contribution in [2.75, 3.05) is 0 Å². The van der Waals surface area contributed by atoms with Crippen LogP contribution < -0.4 is 0 Å². The molecule has 0 spiro atoms. The lowest BCUT2D eigenvalue weighted by Crippen LogP contribution is -2.40. The van der Waals surface area contributed by atoms with E-state index in [2.05, 4.69) is 13.8 Å². The molecule has 1 fully saturated rings. The predicted molar refractivity (Wildman–Crippen MR) is 67.2 cm³/mol. The van der Waals surface area contributed by atoms with Gasteiger partial charge in [-0.1, -0.05) is 32.4 Å². The Bertz CT molecular complexity index is 415. The van der Waals surface area contributed by atoms with Gasteiger partial charge in [-0.15, -0.1) is 0 Å². The molecule has 3 atom stereocenters. The minimum Gasteiger partial charge on any atom is -0.385 e. The van der Waals surface area contributed by atoms with Crippen LogP contribution in [-0.2, 0) is 5.60 Å². The van der Waals surface area contributed by atoms with E-state index in [9.17, 15) is 9.50 Å². The van der Waals surface area contributed by atoms with Crippen LogP contribution in [0.5, 0.6) is 0 Å². The SMILES string of the molecule is Cc1ccc(C2(O)CCCC(C)C2C)cc1F. The zero-order chi connectivity index (χ0) is 12.6. The van der Waals surface area contributed by atoms with Crippen molar-refractivity contribution in [3.8, 4) is 0 Å². The molecule has 1 aliphatic rings.